The van der Waals surface area contributed by atoms with E-state index in [1.807, 2.05) is 12.3 Å². The molecular formula is C17H22ClN5O. The summed E-state index contributed by atoms with van der Waals surface area (Å²) in [4.78, 5) is 12.1. The van der Waals surface area contributed by atoms with Crippen LogP contribution in [-0.2, 0) is 0 Å². The number of rotatable bonds is 2. The van der Waals surface area contributed by atoms with Gasteiger partial charge < -0.3 is 21.5 Å². The maximum atomic E-state index is 5.93. The Morgan fingerprint density at radius 3 is 2.71 bits per heavy atom. The molecule has 24 heavy (non-hydrogen) atoms. The number of fused-ring (bicyclic) bond motifs is 1. The van der Waals surface area contributed by atoms with E-state index in [1.165, 1.54) is 5.56 Å². The summed E-state index contributed by atoms with van der Waals surface area (Å²) >= 11 is 0. The van der Waals surface area contributed by atoms with Gasteiger partial charge in [-0.05, 0) is 31.0 Å². The van der Waals surface area contributed by atoms with Crippen molar-refractivity contribution in [3.05, 3.63) is 53.9 Å². The van der Waals surface area contributed by atoms with Crippen LogP contribution in [0.1, 0.15) is 36.1 Å². The van der Waals surface area contributed by atoms with Gasteiger partial charge in [-0.25, -0.2) is 4.98 Å². The molecule has 2 atom stereocenters. The fourth-order valence-electron chi connectivity index (χ4n) is 3.38. The number of aromatic amines is 1. The summed E-state index contributed by atoms with van der Waals surface area (Å²) in [6.45, 7) is 0.979. The lowest BCUT2D eigenvalue weighted by molar-refractivity contribution is 0.365. The van der Waals surface area contributed by atoms with E-state index in [0.717, 1.165) is 36.5 Å². The van der Waals surface area contributed by atoms with Crippen molar-refractivity contribution in [2.45, 2.75) is 24.8 Å². The third-order valence-corrected chi connectivity index (χ3v) is 4.44. The number of nitrogens with two attached hydrogens (primary N) is 1. The molecule has 6 nitrogen and oxygen atoms in total. The minimum absolute atomic E-state index is 0. The minimum atomic E-state index is 0. The van der Waals surface area contributed by atoms with Crippen LogP contribution < -0.4 is 11.1 Å². The number of H-pyrrole nitrogens is 1. The fourth-order valence-corrected chi connectivity index (χ4v) is 3.38. The molecule has 0 amide bonds. The highest BCUT2D eigenvalue weighted by atomic mass is 35.5. The summed E-state index contributed by atoms with van der Waals surface area (Å²) in [5.41, 5.74) is 10.2. The van der Waals surface area contributed by atoms with E-state index in [4.69, 9.17) is 5.73 Å². The van der Waals surface area contributed by atoms with Crippen LogP contribution in [0.3, 0.4) is 0 Å². The van der Waals surface area contributed by atoms with Gasteiger partial charge in [0.1, 0.15) is 5.69 Å². The van der Waals surface area contributed by atoms with Crippen LogP contribution in [0, 0.1) is 0 Å². The molecule has 0 radical (unpaired) electrons. The van der Waals surface area contributed by atoms with Crippen molar-refractivity contribution in [1.29, 1.82) is 0 Å². The number of benzene rings is 1. The van der Waals surface area contributed by atoms with Crippen molar-refractivity contribution >= 4 is 18.4 Å². The second kappa shape index (κ2) is 7.61. The Bertz CT molecular complexity index is 748. The molecule has 3 heterocycles. The van der Waals surface area contributed by atoms with Gasteiger partial charge in [0.15, 0.2) is 5.95 Å². The highest BCUT2D eigenvalue weighted by Crippen LogP contribution is 2.37. The zero-order valence-electron chi connectivity index (χ0n) is 13.2. The molecule has 6 N–H and O–H groups in total. The van der Waals surface area contributed by atoms with Crippen LogP contribution in [0.15, 0.2) is 42.6 Å². The van der Waals surface area contributed by atoms with Gasteiger partial charge in [-0.15, -0.1) is 12.4 Å². The van der Waals surface area contributed by atoms with Crippen molar-refractivity contribution < 1.29 is 5.48 Å². The quantitative estimate of drug-likeness (QED) is 0.660. The third-order valence-electron chi connectivity index (χ3n) is 4.44. The number of hydrogen-bond acceptors (Lipinski definition) is 4. The topological polar surface area (TPSA) is 111 Å². The first-order valence-electron chi connectivity index (χ1n) is 7.69. The third kappa shape index (κ3) is 3.36. The highest BCUT2D eigenvalue weighted by Gasteiger charge is 2.28. The van der Waals surface area contributed by atoms with Crippen LogP contribution in [-0.4, -0.2) is 27.0 Å². The van der Waals surface area contributed by atoms with Gasteiger partial charge in [0.25, 0.3) is 0 Å². The lowest BCUT2D eigenvalue weighted by Gasteiger charge is -2.31. The summed E-state index contributed by atoms with van der Waals surface area (Å²) in [7, 11) is 0. The molecule has 7 heteroatoms. The van der Waals surface area contributed by atoms with Crippen molar-refractivity contribution in [2.75, 3.05) is 12.3 Å². The van der Waals surface area contributed by atoms with E-state index in [0.29, 0.717) is 17.9 Å². The summed E-state index contributed by atoms with van der Waals surface area (Å²) in [5.74, 6) is 0.839. The number of anilines is 1. The van der Waals surface area contributed by atoms with E-state index < -0.39 is 0 Å². The molecule has 3 aliphatic heterocycles. The Balaban J connectivity index is 0.00000104. The zero-order valence-corrected chi connectivity index (χ0v) is 14.0. The molecule has 0 aliphatic carbocycles. The van der Waals surface area contributed by atoms with Crippen molar-refractivity contribution in [1.82, 2.24) is 20.3 Å². The lowest BCUT2D eigenvalue weighted by atomic mass is 9.85. The predicted molar refractivity (Wildman–Crippen MR) is 97.4 cm³/mol. The molecule has 3 aliphatic rings. The number of aromatic nitrogens is 3. The maximum absolute atomic E-state index is 5.93. The second-order valence-electron chi connectivity index (χ2n) is 5.85. The monoisotopic (exact) mass is 347 g/mol. The van der Waals surface area contributed by atoms with Crippen LogP contribution in [0.4, 0.5) is 5.95 Å². The van der Waals surface area contributed by atoms with E-state index in [2.05, 4.69) is 50.6 Å². The molecular weight excluding hydrogens is 326 g/mol. The minimum Gasteiger partial charge on any atom is -0.412 e. The van der Waals surface area contributed by atoms with E-state index in [1.54, 1.807) is 0 Å². The molecule has 0 bridgehead atoms. The van der Waals surface area contributed by atoms with Crippen LogP contribution in [0.5, 0.6) is 0 Å². The highest BCUT2D eigenvalue weighted by molar-refractivity contribution is 5.85. The van der Waals surface area contributed by atoms with E-state index >= 15 is 0 Å². The Morgan fingerprint density at radius 1 is 1.12 bits per heavy atom. The Morgan fingerprint density at radius 2 is 1.92 bits per heavy atom. The number of nitrogen functional groups attached to an aromatic ring is 1. The molecule has 128 valence electrons. The number of halogens is 1. The number of nitrogens with one attached hydrogen (secondary N) is 2. The van der Waals surface area contributed by atoms with Gasteiger partial charge in [-0.2, -0.15) is 0 Å². The molecule has 2 unspecified atom stereocenters. The van der Waals surface area contributed by atoms with Gasteiger partial charge in [0.05, 0.1) is 11.4 Å². The van der Waals surface area contributed by atoms with E-state index in [9.17, 15) is 0 Å². The molecule has 1 fully saturated rings. The average Bonchev–Trinajstić information content (AvgIpc) is 3.03. The zero-order chi connectivity index (χ0) is 14.9. The SMILES string of the molecule is Cl.Nc1nc(C2CCNC(c3ccccc3)C2)c2nccc-2[nH]1.O. The summed E-state index contributed by atoms with van der Waals surface area (Å²) < 4.78 is 0. The van der Waals surface area contributed by atoms with Gasteiger partial charge in [-0.1, -0.05) is 30.3 Å². The van der Waals surface area contributed by atoms with Crippen molar-refractivity contribution in [3.63, 3.8) is 0 Å². The Hall–Kier alpha value is -2.15. The lowest BCUT2D eigenvalue weighted by Crippen LogP contribution is -2.31. The molecule has 1 aromatic carbocycles. The smallest absolute Gasteiger partial charge is 0.198 e. The number of hydrogen-bond donors (Lipinski definition) is 3. The fraction of sp³-hybridized carbons (Fsp3) is 0.294. The Labute approximate surface area is 147 Å². The average molecular weight is 348 g/mol. The van der Waals surface area contributed by atoms with Crippen molar-refractivity contribution in [2.24, 2.45) is 0 Å². The second-order valence-corrected chi connectivity index (χ2v) is 5.85. The van der Waals surface area contributed by atoms with Gasteiger partial charge in [0.2, 0.25) is 0 Å². The predicted octanol–water partition coefficient (Wildman–Crippen LogP) is 2.30. The van der Waals surface area contributed by atoms with Crippen LogP contribution in [0.2, 0.25) is 0 Å². The molecule has 4 rings (SSSR count). The first-order valence-corrected chi connectivity index (χ1v) is 7.69. The first kappa shape index (κ1) is 18.2. The summed E-state index contributed by atoms with van der Waals surface area (Å²) in [5, 5.41) is 3.60. The van der Waals surface area contributed by atoms with Crippen molar-refractivity contribution in [3.8, 4) is 11.4 Å². The van der Waals surface area contributed by atoms with Gasteiger partial charge >= 0.3 is 0 Å². The maximum Gasteiger partial charge on any atom is 0.198 e. The van der Waals surface area contributed by atoms with Crippen LogP contribution in [0.25, 0.3) is 11.4 Å². The van der Waals surface area contributed by atoms with Gasteiger partial charge in [-0.3, -0.25) is 4.98 Å². The standard InChI is InChI=1S/C17H19N5.ClH.H2O/c18-17-21-13-7-9-20-16(13)15(22-17)12-6-8-19-14(10-12)11-4-2-1-3-5-11;;/h1-5,7,9,12,14,19H,6,8,10H2,(H3,18,21,22);1H;1H2. The van der Waals surface area contributed by atoms with Gasteiger partial charge in [0, 0.05) is 18.2 Å². The largest absolute Gasteiger partial charge is 0.412 e. The summed E-state index contributed by atoms with van der Waals surface area (Å²) in [6, 6.07) is 12.9. The Kier molecular flexibility index (Phi) is 5.77. The molecule has 1 aromatic rings. The van der Waals surface area contributed by atoms with Crippen LogP contribution >= 0.6 is 12.4 Å². The molecule has 0 aromatic heterocycles. The molecule has 1 saturated heterocycles. The number of nitrogens with zero attached hydrogens (tertiary/aromatic N) is 2. The normalized spacial score (nSPS) is 20.2. The molecule has 0 spiro atoms. The first-order chi connectivity index (χ1) is 10.8. The van der Waals surface area contributed by atoms with E-state index in [-0.39, 0.29) is 17.9 Å². The molecule has 0 saturated carbocycles. The summed E-state index contributed by atoms with van der Waals surface area (Å²) in [6.07, 6.45) is 3.88. The number of piperidine rings is 1.